The smallest absolute Gasteiger partial charge is 0.130 e. The van der Waals surface area contributed by atoms with E-state index in [1.807, 2.05) is 0 Å². The van der Waals surface area contributed by atoms with Gasteiger partial charge in [-0.15, -0.1) is 11.3 Å². The van der Waals surface area contributed by atoms with Gasteiger partial charge in [0.05, 0.1) is 0 Å². The molecule has 0 unspecified atom stereocenters. The molecular weight excluding hydrogens is 254 g/mol. The maximum Gasteiger partial charge on any atom is 0.130 e. The summed E-state index contributed by atoms with van der Waals surface area (Å²) in [5.41, 5.74) is 0.552. The molecule has 4 heteroatoms. The van der Waals surface area contributed by atoms with Crippen molar-refractivity contribution in [3.8, 4) is 0 Å². The third-order valence-corrected chi connectivity index (χ3v) is 5.42. The van der Waals surface area contributed by atoms with Crippen LogP contribution in [0.15, 0.2) is 18.2 Å². The first-order valence-corrected chi connectivity index (χ1v) is 7.76. The van der Waals surface area contributed by atoms with Crippen LogP contribution in [0.25, 0.3) is 10.2 Å². The van der Waals surface area contributed by atoms with Crippen molar-refractivity contribution < 1.29 is 0 Å². The molecule has 0 radical (unpaired) electrons. The number of likely N-dealkylation sites (tertiary alicyclic amines) is 1. The van der Waals surface area contributed by atoms with E-state index >= 15 is 0 Å². The molecule has 3 nitrogen and oxygen atoms in total. The lowest BCUT2D eigenvalue weighted by atomic mass is 9.79. The van der Waals surface area contributed by atoms with Crippen molar-refractivity contribution in [2.24, 2.45) is 5.41 Å². The van der Waals surface area contributed by atoms with Crippen LogP contribution in [0, 0.1) is 12.3 Å². The number of aryl methyl sites for hydroxylation is 1. The molecule has 2 aliphatic rings. The highest BCUT2D eigenvalue weighted by molar-refractivity contribution is 7.18. The number of pyridine rings is 1. The summed E-state index contributed by atoms with van der Waals surface area (Å²) in [5, 5.41) is 1.28. The average Bonchev–Trinajstić information content (AvgIpc) is 2.90. The number of hydrogen-bond acceptors (Lipinski definition) is 4. The summed E-state index contributed by atoms with van der Waals surface area (Å²) in [6.07, 6.45) is 1.32. The van der Waals surface area contributed by atoms with Gasteiger partial charge in [-0.3, -0.25) is 0 Å². The Morgan fingerprint density at radius 2 is 2.11 bits per heavy atom. The van der Waals surface area contributed by atoms with Crippen molar-refractivity contribution in [3.05, 3.63) is 23.1 Å². The summed E-state index contributed by atoms with van der Waals surface area (Å²) >= 11 is 1.80. The molecule has 19 heavy (non-hydrogen) atoms. The van der Waals surface area contributed by atoms with Crippen molar-refractivity contribution in [2.45, 2.75) is 13.3 Å². The minimum Gasteiger partial charge on any atom is -0.356 e. The van der Waals surface area contributed by atoms with Crippen LogP contribution in [0.1, 0.15) is 11.3 Å². The zero-order valence-electron chi connectivity index (χ0n) is 11.5. The number of rotatable bonds is 1. The summed E-state index contributed by atoms with van der Waals surface area (Å²) < 4.78 is 0. The quantitative estimate of drug-likeness (QED) is 0.796. The fraction of sp³-hybridized carbons (Fsp3) is 0.533. The predicted octanol–water partition coefficient (Wildman–Crippen LogP) is 2.75. The Balaban J connectivity index is 1.61. The first-order chi connectivity index (χ1) is 9.13. The van der Waals surface area contributed by atoms with E-state index in [1.54, 1.807) is 11.3 Å². The van der Waals surface area contributed by atoms with E-state index in [0.717, 1.165) is 6.54 Å². The van der Waals surface area contributed by atoms with Crippen molar-refractivity contribution in [3.63, 3.8) is 0 Å². The lowest BCUT2D eigenvalue weighted by Crippen LogP contribution is -2.55. The molecule has 4 heterocycles. The van der Waals surface area contributed by atoms with Gasteiger partial charge in [0, 0.05) is 41.9 Å². The summed E-state index contributed by atoms with van der Waals surface area (Å²) in [5.74, 6) is 1.17. The van der Waals surface area contributed by atoms with Gasteiger partial charge in [0.1, 0.15) is 10.6 Å². The van der Waals surface area contributed by atoms with E-state index in [2.05, 4.69) is 42.0 Å². The van der Waals surface area contributed by atoms with Gasteiger partial charge in [-0.2, -0.15) is 0 Å². The standard InChI is InChI=1S/C15H19N3S/c1-11-7-12-3-4-13(16-14(12)19-11)18-6-5-15(10-18)8-17(2)9-15/h3-4,7H,5-6,8-10H2,1-2H3. The molecule has 100 valence electrons. The van der Waals surface area contributed by atoms with Crippen LogP contribution in [0.2, 0.25) is 0 Å². The minimum atomic E-state index is 0.552. The number of hydrogen-bond donors (Lipinski definition) is 0. The van der Waals surface area contributed by atoms with Crippen molar-refractivity contribution >= 4 is 27.4 Å². The number of nitrogens with zero attached hydrogens (tertiary/aromatic N) is 3. The zero-order chi connectivity index (χ0) is 13.0. The largest absolute Gasteiger partial charge is 0.356 e. The Labute approximate surface area is 117 Å². The fourth-order valence-corrected chi connectivity index (χ4v) is 4.57. The van der Waals surface area contributed by atoms with Crippen molar-refractivity contribution in [1.82, 2.24) is 9.88 Å². The Morgan fingerprint density at radius 3 is 2.89 bits per heavy atom. The van der Waals surface area contributed by atoms with E-state index in [9.17, 15) is 0 Å². The summed E-state index contributed by atoms with van der Waals surface area (Å²) in [4.78, 5) is 12.3. The molecule has 2 fully saturated rings. The first kappa shape index (κ1) is 11.7. The van der Waals surface area contributed by atoms with E-state index in [1.165, 1.54) is 47.0 Å². The molecule has 0 aromatic carbocycles. The van der Waals surface area contributed by atoms with Gasteiger partial charge in [-0.25, -0.2) is 4.98 Å². The van der Waals surface area contributed by atoms with Gasteiger partial charge in [0.25, 0.3) is 0 Å². The second-order valence-corrected chi connectivity index (χ2v) is 7.50. The highest BCUT2D eigenvalue weighted by atomic mass is 32.1. The number of fused-ring (bicyclic) bond motifs is 1. The number of aromatic nitrogens is 1. The highest BCUT2D eigenvalue weighted by Gasteiger charge is 2.46. The molecule has 0 atom stereocenters. The average molecular weight is 273 g/mol. The molecule has 0 amide bonds. The van der Waals surface area contributed by atoms with E-state index in [-0.39, 0.29) is 0 Å². The van der Waals surface area contributed by atoms with Gasteiger partial charge < -0.3 is 9.80 Å². The molecule has 0 N–H and O–H groups in total. The van der Waals surface area contributed by atoms with Crippen LogP contribution in [0.5, 0.6) is 0 Å². The zero-order valence-corrected chi connectivity index (χ0v) is 12.3. The lowest BCUT2D eigenvalue weighted by molar-refractivity contribution is 0.0424. The topological polar surface area (TPSA) is 19.4 Å². The normalized spacial score (nSPS) is 22.3. The fourth-order valence-electron chi connectivity index (χ4n) is 3.70. The summed E-state index contributed by atoms with van der Waals surface area (Å²) in [6.45, 7) is 7.01. The molecule has 2 aromatic heterocycles. The Hall–Kier alpha value is -1.13. The van der Waals surface area contributed by atoms with Crippen LogP contribution in [0.4, 0.5) is 5.82 Å². The van der Waals surface area contributed by atoms with Gasteiger partial charge in [-0.05, 0) is 38.6 Å². The molecule has 0 saturated carbocycles. The molecule has 0 bridgehead atoms. The first-order valence-electron chi connectivity index (χ1n) is 6.94. The summed E-state index contributed by atoms with van der Waals surface area (Å²) in [7, 11) is 2.21. The van der Waals surface area contributed by atoms with Gasteiger partial charge >= 0.3 is 0 Å². The minimum absolute atomic E-state index is 0.552. The Morgan fingerprint density at radius 1 is 1.26 bits per heavy atom. The molecule has 2 aromatic rings. The maximum absolute atomic E-state index is 4.85. The van der Waals surface area contributed by atoms with Gasteiger partial charge in [0.2, 0.25) is 0 Å². The van der Waals surface area contributed by atoms with E-state index in [0.29, 0.717) is 5.41 Å². The second-order valence-electron chi connectivity index (χ2n) is 6.26. The molecule has 2 saturated heterocycles. The van der Waals surface area contributed by atoms with Crippen LogP contribution in [0.3, 0.4) is 0 Å². The van der Waals surface area contributed by atoms with Crippen LogP contribution in [-0.2, 0) is 0 Å². The van der Waals surface area contributed by atoms with Crippen LogP contribution in [-0.4, -0.2) is 43.1 Å². The van der Waals surface area contributed by atoms with Crippen molar-refractivity contribution in [1.29, 1.82) is 0 Å². The van der Waals surface area contributed by atoms with E-state index in [4.69, 9.17) is 4.98 Å². The maximum atomic E-state index is 4.85. The van der Waals surface area contributed by atoms with Gasteiger partial charge in [0.15, 0.2) is 0 Å². The molecule has 0 aliphatic carbocycles. The summed E-state index contributed by atoms with van der Waals surface area (Å²) in [6, 6.07) is 6.64. The predicted molar refractivity (Wildman–Crippen MR) is 81.1 cm³/mol. The third kappa shape index (κ3) is 1.85. The van der Waals surface area contributed by atoms with Gasteiger partial charge in [-0.1, -0.05) is 0 Å². The van der Waals surface area contributed by atoms with Crippen LogP contribution < -0.4 is 4.90 Å². The van der Waals surface area contributed by atoms with E-state index < -0.39 is 0 Å². The lowest BCUT2D eigenvalue weighted by Gasteiger charge is -2.46. The Kier molecular flexibility index (Phi) is 2.42. The van der Waals surface area contributed by atoms with Crippen molar-refractivity contribution in [2.75, 3.05) is 38.1 Å². The number of anilines is 1. The third-order valence-electron chi connectivity index (χ3n) is 4.46. The Bertz CT molecular complexity index is 627. The SMILES string of the molecule is Cc1cc2ccc(N3CCC4(CN(C)C4)C3)nc2s1. The van der Waals surface area contributed by atoms with Crippen LogP contribution >= 0.6 is 11.3 Å². The monoisotopic (exact) mass is 273 g/mol. The number of thiophene rings is 1. The highest BCUT2D eigenvalue weighted by Crippen LogP contribution is 2.40. The molecule has 2 aliphatic heterocycles. The molecule has 1 spiro atoms. The molecular formula is C15H19N3S. The second kappa shape index (κ2) is 3.93. The molecule has 4 rings (SSSR count).